The highest BCUT2D eigenvalue weighted by molar-refractivity contribution is 8.20. The zero-order chi connectivity index (χ0) is 6.57. The van der Waals surface area contributed by atoms with Gasteiger partial charge in [-0.1, -0.05) is 0 Å². The van der Waals surface area contributed by atoms with Crippen LogP contribution in [-0.2, 0) is 4.18 Å². The Labute approximate surface area is 61.9 Å². The van der Waals surface area contributed by atoms with Crippen molar-refractivity contribution >= 4 is 46.0 Å². The maximum absolute atomic E-state index is 4.99. The highest BCUT2D eigenvalue weighted by Gasteiger charge is 1.91. The first-order valence-corrected chi connectivity index (χ1v) is 3.12. The lowest BCUT2D eigenvalue weighted by Gasteiger charge is -1.95. The van der Waals surface area contributed by atoms with E-state index in [1.54, 1.807) is 0 Å². The third kappa shape index (κ3) is 5.93. The van der Waals surface area contributed by atoms with E-state index < -0.39 is 0 Å². The zero-order valence-corrected chi connectivity index (χ0v) is 6.24. The van der Waals surface area contributed by atoms with Crippen molar-refractivity contribution in [2.45, 2.75) is 0 Å². The van der Waals surface area contributed by atoms with Gasteiger partial charge in [-0.25, -0.2) is 0 Å². The molecule has 0 bridgehead atoms. The van der Waals surface area contributed by atoms with E-state index in [0.29, 0.717) is 0 Å². The van der Waals surface area contributed by atoms with Gasteiger partial charge in [-0.15, -0.1) is 0 Å². The Hall–Kier alpha value is -0.0700. The Kier molecular flexibility index (Phi) is 3.84. The fourth-order valence-electron chi connectivity index (χ4n) is 0.0821. The lowest BCUT2D eigenvalue weighted by Crippen LogP contribution is -2.11. The molecule has 0 aromatic heterocycles. The Bertz CT molecular complexity index is 99.9. The van der Waals surface area contributed by atoms with Crippen LogP contribution in [0.25, 0.3) is 0 Å². The quantitative estimate of drug-likeness (QED) is 0.396. The van der Waals surface area contributed by atoms with Crippen molar-refractivity contribution in [3.8, 4) is 0 Å². The Morgan fingerprint density at radius 3 is 2.00 bits per heavy atom. The molecule has 8 heavy (non-hydrogen) atoms. The molecular weight excluding hydrogens is 164 g/mol. The van der Waals surface area contributed by atoms with Crippen LogP contribution >= 0.6 is 36.5 Å². The SMILES string of the molecule is NC(=S)OSC(N)=S. The van der Waals surface area contributed by atoms with E-state index >= 15 is 0 Å². The highest BCUT2D eigenvalue weighted by atomic mass is 32.2. The molecule has 0 aromatic rings. The van der Waals surface area contributed by atoms with Gasteiger partial charge in [0.1, 0.15) is 12.0 Å². The normalized spacial score (nSPS) is 8.00. The van der Waals surface area contributed by atoms with Gasteiger partial charge in [-0.2, -0.15) is 0 Å². The largest absolute Gasteiger partial charge is 0.390 e. The average molecular weight is 168 g/mol. The van der Waals surface area contributed by atoms with Gasteiger partial charge in [0.05, 0.1) is 0 Å². The van der Waals surface area contributed by atoms with Gasteiger partial charge < -0.3 is 15.7 Å². The monoisotopic (exact) mass is 168 g/mol. The predicted molar refractivity (Wildman–Crippen MR) is 42.2 cm³/mol. The number of nitrogens with two attached hydrogens (primary N) is 2. The zero-order valence-electron chi connectivity index (χ0n) is 3.79. The van der Waals surface area contributed by atoms with Crippen molar-refractivity contribution in [3.05, 3.63) is 0 Å². The molecule has 0 aliphatic rings. The third-order valence-electron chi connectivity index (χ3n) is 0.206. The molecule has 0 aliphatic heterocycles. The molecule has 46 valence electrons. The summed E-state index contributed by atoms with van der Waals surface area (Å²) in [7, 11) is 0. The summed E-state index contributed by atoms with van der Waals surface area (Å²) >= 11 is 9.53. The Morgan fingerprint density at radius 2 is 1.88 bits per heavy atom. The summed E-state index contributed by atoms with van der Waals surface area (Å²) in [5.74, 6) is 0. The van der Waals surface area contributed by atoms with Crippen molar-refractivity contribution in [2.24, 2.45) is 11.5 Å². The minimum Gasteiger partial charge on any atom is -0.390 e. The molecule has 0 aliphatic carbocycles. The van der Waals surface area contributed by atoms with E-state index in [1.165, 1.54) is 0 Å². The Balaban J connectivity index is 3.18. The fourth-order valence-corrected chi connectivity index (χ4v) is 0.451. The first-order chi connectivity index (χ1) is 3.63. The fraction of sp³-hybridized carbons (Fsp3) is 0. The van der Waals surface area contributed by atoms with Crippen molar-refractivity contribution in [2.75, 3.05) is 0 Å². The van der Waals surface area contributed by atoms with Crippen molar-refractivity contribution in [1.29, 1.82) is 0 Å². The van der Waals surface area contributed by atoms with Crippen LogP contribution in [-0.4, -0.2) is 9.50 Å². The molecule has 0 spiro atoms. The summed E-state index contributed by atoms with van der Waals surface area (Å²) in [6, 6.07) is 0. The predicted octanol–water partition coefficient (Wildman–Crippen LogP) is 0.138. The average Bonchev–Trinajstić information content (AvgIpc) is 1.61. The van der Waals surface area contributed by atoms with E-state index in [2.05, 4.69) is 28.6 Å². The summed E-state index contributed by atoms with van der Waals surface area (Å²) < 4.78 is 4.63. The van der Waals surface area contributed by atoms with Gasteiger partial charge >= 0.3 is 0 Å². The second-order valence-electron chi connectivity index (χ2n) is 0.805. The van der Waals surface area contributed by atoms with Crippen LogP contribution in [0.4, 0.5) is 0 Å². The van der Waals surface area contributed by atoms with Crippen LogP contribution in [0.5, 0.6) is 0 Å². The van der Waals surface area contributed by atoms with E-state index in [9.17, 15) is 0 Å². The molecule has 0 heterocycles. The molecule has 0 saturated heterocycles. The van der Waals surface area contributed by atoms with Gasteiger partial charge in [0, 0.05) is 0 Å². The maximum Gasteiger partial charge on any atom is 0.267 e. The van der Waals surface area contributed by atoms with E-state index in [-0.39, 0.29) is 9.50 Å². The van der Waals surface area contributed by atoms with Gasteiger partial charge in [-0.3, -0.25) is 0 Å². The molecule has 0 fully saturated rings. The number of thiocarbonyl (C=S) groups is 2. The van der Waals surface area contributed by atoms with Crippen molar-refractivity contribution in [1.82, 2.24) is 0 Å². The van der Waals surface area contributed by atoms with Crippen LogP contribution in [0.3, 0.4) is 0 Å². The first kappa shape index (κ1) is 7.93. The molecule has 0 saturated carbocycles. The van der Waals surface area contributed by atoms with Gasteiger partial charge in [0.2, 0.25) is 0 Å². The van der Waals surface area contributed by atoms with Crippen LogP contribution in [0.1, 0.15) is 0 Å². The van der Waals surface area contributed by atoms with Crippen LogP contribution < -0.4 is 11.5 Å². The minimum absolute atomic E-state index is 0.0669. The van der Waals surface area contributed by atoms with Crippen molar-refractivity contribution in [3.63, 3.8) is 0 Å². The van der Waals surface area contributed by atoms with Crippen LogP contribution in [0.15, 0.2) is 0 Å². The van der Waals surface area contributed by atoms with E-state index in [0.717, 1.165) is 12.0 Å². The second-order valence-corrected chi connectivity index (χ2v) is 2.68. The summed E-state index contributed by atoms with van der Waals surface area (Å²) in [5.41, 5.74) is 9.91. The molecule has 4 N–H and O–H groups in total. The summed E-state index contributed by atoms with van der Waals surface area (Å²) in [6.45, 7) is 0. The number of hydrogen-bond acceptors (Lipinski definition) is 4. The van der Waals surface area contributed by atoms with Crippen molar-refractivity contribution < 1.29 is 4.18 Å². The second kappa shape index (κ2) is 3.88. The van der Waals surface area contributed by atoms with Gasteiger partial charge in [0.15, 0.2) is 4.32 Å². The molecule has 0 unspecified atom stereocenters. The molecular formula is C2H4N2OS3. The molecule has 0 rings (SSSR count). The van der Waals surface area contributed by atoms with Gasteiger partial charge in [-0.05, 0) is 24.4 Å². The molecule has 0 amide bonds. The summed E-state index contributed by atoms with van der Waals surface area (Å²) in [5, 5.41) is -0.0669. The lowest BCUT2D eigenvalue weighted by atomic mass is 11.4. The van der Waals surface area contributed by atoms with E-state index in [4.69, 9.17) is 11.5 Å². The molecule has 0 radical (unpaired) electrons. The van der Waals surface area contributed by atoms with Gasteiger partial charge in [0.25, 0.3) is 5.17 Å². The third-order valence-corrected chi connectivity index (χ3v) is 1.03. The first-order valence-electron chi connectivity index (χ1n) is 1.56. The number of rotatable bonds is 0. The van der Waals surface area contributed by atoms with E-state index in [1.807, 2.05) is 0 Å². The topological polar surface area (TPSA) is 61.3 Å². The maximum atomic E-state index is 4.99. The Morgan fingerprint density at radius 1 is 1.38 bits per heavy atom. The summed E-state index contributed by atoms with van der Waals surface area (Å²) in [6.07, 6.45) is 0. The molecule has 0 atom stereocenters. The highest BCUT2D eigenvalue weighted by Crippen LogP contribution is 1.99. The summed E-state index contributed by atoms with van der Waals surface area (Å²) in [4.78, 5) is 0. The smallest absolute Gasteiger partial charge is 0.267 e. The molecule has 3 nitrogen and oxygen atoms in total. The lowest BCUT2D eigenvalue weighted by molar-refractivity contribution is 0.661. The molecule has 6 heteroatoms. The number of hydrogen-bond donors (Lipinski definition) is 2. The minimum atomic E-state index is -0.0669. The standard InChI is InChI=1S/C2H4N2OS3/c3-1(6)5-8-2(4)7/h(H2,3,6)(H2,4,7). The van der Waals surface area contributed by atoms with Crippen LogP contribution in [0.2, 0.25) is 0 Å². The molecule has 0 aromatic carbocycles. The van der Waals surface area contributed by atoms with Crippen LogP contribution in [0, 0.1) is 0 Å².